The predicted molar refractivity (Wildman–Crippen MR) is 131 cm³/mol. The molecule has 1 aromatic heterocycles. The number of thiophene rings is 1. The minimum absolute atomic E-state index is 0.162. The molecule has 0 fully saturated rings. The Morgan fingerprint density at radius 1 is 1.12 bits per heavy atom. The van der Waals surface area contributed by atoms with E-state index in [1.807, 2.05) is 43.3 Å². The Kier molecular flexibility index (Phi) is 8.32. The third-order valence-electron chi connectivity index (χ3n) is 5.07. The van der Waals surface area contributed by atoms with Gasteiger partial charge in [0, 0.05) is 11.4 Å². The van der Waals surface area contributed by atoms with Gasteiger partial charge in [-0.2, -0.15) is 5.26 Å². The van der Waals surface area contributed by atoms with Gasteiger partial charge in [0.1, 0.15) is 4.91 Å². The highest BCUT2D eigenvalue weighted by Gasteiger charge is 2.25. The minimum atomic E-state index is -0.264. The second kappa shape index (κ2) is 11.2. The molecule has 0 aliphatic carbocycles. The van der Waals surface area contributed by atoms with Crippen LogP contribution in [0.5, 0.6) is 0 Å². The third-order valence-corrected chi connectivity index (χ3v) is 7.70. The van der Waals surface area contributed by atoms with Gasteiger partial charge in [0.15, 0.2) is 0 Å². The van der Waals surface area contributed by atoms with Crippen molar-refractivity contribution in [3.8, 4) is 16.5 Å². The lowest BCUT2D eigenvalue weighted by atomic mass is 9.96. The van der Waals surface area contributed by atoms with Gasteiger partial charge in [-0.25, -0.2) is 4.79 Å². The Bertz CT molecular complexity index is 1100. The number of benzene rings is 1. The molecular weight excluding hydrogens is 440 g/mol. The number of ether oxygens (including phenoxy) is 1. The highest BCUT2D eigenvalue weighted by molar-refractivity contribution is 8.07. The van der Waals surface area contributed by atoms with Crippen LogP contribution >= 0.6 is 23.1 Å². The maximum Gasteiger partial charge on any atom is 0.345 e. The standard InChI is InChI=1S/C25H26N2O3S2/c1-4-20-16(3)15-19(23(32-20)25(29)30-5-2)17-7-9-18(10-8-17)21-11-12-22(31-21)24(28)27-14-6-13-26/h7-12H,4-6,14-15H2,1-3H3,(H,27,28). The van der Waals surface area contributed by atoms with Gasteiger partial charge in [0.2, 0.25) is 0 Å². The van der Waals surface area contributed by atoms with E-state index in [1.165, 1.54) is 33.6 Å². The number of esters is 1. The first-order chi connectivity index (χ1) is 15.5. The van der Waals surface area contributed by atoms with Crippen LogP contribution < -0.4 is 5.32 Å². The molecule has 0 bridgehead atoms. The fourth-order valence-corrected chi connectivity index (χ4v) is 5.47. The number of allylic oxidation sites excluding steroid dienone is 3. The van der Waals surface area contributed by atoms with Gasteiger partial charge in [-0.05, 0) is 60.4 Å². The van der Waals surface area contributed by atoms with Gasteiger partial charge in [-0.15, -0.1) is 11.3 Å². The molecule has 2 aromatic rings. The van der Waals surface area contributed by atoms with Crippen LogP contribution in [0.2, 0.25) is 0 Å². The Morgan fingerprint density at radius 2 is 1.84 bits per heavy atom. The summed E-state index contributed by atoms with van der Waals surface area (Å²) in [6.45, 7) is 6.75. The molecule has 1 aromatic carbocycles. The lowest BCUT2D eigenvalue weighted by Gasteiger charge is -2.23. The lowest BCUT2D eigenvalue weighted by Crippen LogP contribution is -2.23. The topological polar surface area (TPSA) is 79.2 Å². The Balaban J connectivity index is 1.83. The summed E-state index contributed by atoms with van der Waals surface area (Å²) in [6, 6.07) is 13.8. The van der Waals surface area contributed by atoms with Crippen molar-refractivity contribution in [2.24, 2.45) is 0 Å². The first-order valence-electron chi connectivity index (χ1n) is 10.6. The zero-order valence-corrected chi connectivity index (χ0v) is 20.1. The summed E-state index contributed by atoms with van der Waals surface area (Å²) in [5, 5.41) is 11.3. The zero-order valence-electron chi connectivity index (χ0n) is 18.5. The molecule has 1 N–H and O–H groups in total. The van der Waals surface area contributed by atoms with Crippen LogP contribution in [0, 0.1) is 11.3 Å². The van der Waals surface area contributed by atoms with Gasteiger partial charge in [-0.3, -0.25) is 4.79 Å². The van der Waals surface area contributed by atoms with Crippen molar-refractivity contribution < 1.29 is 14.3 Å². The van der Waals surface area contributed by atoms with Crippen LogP contribution in [0.25, 0.3) is 16.0 Å². The van der Waals surface area contributed by atoms with Crippen LogP contribution in [0.1, 0.15) is 55.3 Å². The minimum Gasteiger partial charge on any atom is -0.462 e. The SMILES string of the molecule is CCOC(=O)C1=C(c2ccc(-c3ccc(C(=O)NCCC#N)s3)cc2)CC(C)=C(CC)S1. The molecule has 166 valence electrons. The average molecular weight is 467 g/mol. The maximum atomic E-state index is 12.6. The van der Waals surface area contributed by atoms with E-state index in [4.69, 9.17) is 10.00 Å². The van der Waals surface area contributed by atoms with Crippen LogP contribution in [0.15, 0.2) is 51.8 Å². The molecule has 0 unspecified atom stereocenters. The lowest BCUT2D eigenvalue weighted by molar-refractivity contribution is -0.137. The molecule has 2 heterocycles. The molecular formula is C25H26N2O3S2. The van der Waals surface area contributed by atoms with Gasteiger partial charge >= 0.3 is 5.97 Å². The Morgan fingerprint density at radius 3 is 2.50 bits per heavy atom. The largest absolute Gasteiger partial charge is 0.462 e. The van der Waals surface area contributed by atoms with Gasteiger partial charge in [0.05, 0.1) is 24.0 Å². The molecule has 0 saturated heterocycles. The monoisotopic (exact) mass is 466 g/mol. The van der Waals surface area contributed by atoms with E-state index in [1.54, 1.807) is 6.07 Å². The van der Waals surface area contributed by atoms with Crippen LogP contribution in [-0.4, -0.2) is 25.0 Å². The normalized spacial score (nSPS) is 13.7. The number of hydrogen-bond donors (Lipinski definition) is 1. The molecule has 0 spiro atoms. The summed E-state index contributed by atoms with van der Waals surface area (Å²) in [6.07, 6.45) is 1.92. The summed E-state index contributed by atoms with van der Waals surface area (Å²) in [4.78, 5) is 28.3. The fourth-order valence-electron chi connectivity index (χ4n) is 3.45. The van der Waals surface area contributed by atoms with Crippen molar-refractivity contribution in [3.63, 3.8) is 0 Å². The molecule has 7 heteroatoms. The first-order valence-corrected chi connectivity index (χ1v) is 12.2. The molecule has 0 radical (unpaired) electrons. The van der Waals surface area contributed by atoms with Crippen LogP contribution in [-0.2, 0) is 9.53 Å². The summed E-state index contributed by atoms with van der Waals surface area (Å²) >= 11 is 2.94. The molecule has 3 rings (SSSR count). The number of nitrogens with one attached hydrogen (secondary N) is 1. The number of rotatable bonds is 8. The van der Waals surface area contributed by atoms with Crippen molar-refractivity contribution in [1.82, 2.24) is 5.32 Å². The zero-order chi connectivity index (χ0) is 23.1. The summed E-state index contributed by atoms with van der Waals surface area (Å²) in [5.74, 6) is -0.425. The second-order valence-corrected chi connectivity index (χ2v) is 9.46. The van der Waals surface area contributed by atoms with Gasteiger partial charge < -0.3 is 10.1 Å². The summed E-state index contributed by atoms with van der Waals surface area (Å²) < 4.78 is 5.32. The van der Waals surface area contributed by atoms with Crippen molar-refractivity contribution in [3.05, 3.63) is 62.2 Å². The number of nitrogens with zero attached hydrogens (tertiary/aromatic N) is 1. The molecule has 1 aliphatic rings. The number of thioether (sulfide) groups is 1. The van der Waals surface area contributed by atoms with E-state index in [-0.39, 0.29) is 11.9 Å². The smallest absolute Gasteiger partial charge is 0.345 e. The van der Waals surface area contributed by atoms with Gasteiger partial charge in [0.25, 0.3) is 5.91 Å². The quantitative estimate of drug-likeness (QED) is 0.373. The molecule has 32 heavy (non-hydrogen) atoms. The van der Waals surface area contributed by atoms with E-state index in [0.717, 1.165) is 34.4 Å². The van der Waals surface area contributed by atoms with Crippen LogP contribution in [0.4, 0.5) is 0 Å². The number of hydrogen-bond acceptors (Lipinski definition) is 6. The number of carbonyl (C=O) groups excluding carboxylic acids is 2. The highest BCUT2D eigenvalue weighted by atomic mass is 32.2. The third kappa shape index (κ3) is 5.50. The highest BCUT2D eigenvalue weighted by Crippen LogP contribution is 2.44. The van der Waals surface area contributed by atoms with Crippen LogP contribution in [0.3, 0.4) is 0 Å². The number of amides is 1. The molecule has 5 nitrogen and oxygen atoms in total. The van der Waals surface area contributed by atoms with E-state index in [2.05, 4.69) is 19.2 Å². The Labute approximate surface area is 197 Å². The molecule has 0 saturated carbocycles. The van der Waals surface area contributed by atoms with Crippen molar-refractivity contribution >= 4 is 40.5 Å². The fraction of sp³-hybridized carbons (Fsp3) is 0.320. The summed E-state index contributed by atoms with van der Waals surface area (Å²) in [7, 11) is 0. The summed E-state index contributed by atoms with van der Waals surface area (Å²) in [5.41, 5.74) is 4.30. The van der Waals surface area contributed by atoms with E-state index in [0.29, 0.717) is 29.4 Å². The first kappa shape index (κ1) is 23.8. The average Bonchev–Trinajstić information content (AvgIpc) is 3.30. The van der Waals surface area contributed by atoms with E-state index < -0.39 is 0 Å². The van der Waals surface area contributed by atoms with Gasteiger partial charge in [-0.1, -0.05) is 48.5 Å². The molecule has 0 atom stereocenters. The predicted octanol–water partition coefficient (Wildman–Crippen LogP) is 6.15. The van der Waals surface area contributed by atoms with E-state index >= 15 is 0 Å². The van der Waals surface area contributed by atoms with Crippen molar-refractivity contribution in [2.45, 2.75) is 40.0 Å². The van der Waals surface area contributed by atoms with E-state index in [9.17, 15) is 9.59 Å². The molecule has 1 amide bonds. The van der Waals surface area contributed by atoms with Crippen molar-refractivity contribution in [1.29, 1.82) is 5.26 Å². The number of nitriles is 1. The molecule has 1 aliphatic heterocycles. The second-order valence-electron chi connectivity index (χ2n) is 7.27. The number of carbonyl (C=O) groups is 2. The Hall–Kier alpha value is -2.82. The maximum absolute atomic E-state index is 12.6. The van der Waals surface area contributed by atoms with Crippen molar-refractivity contribution in [2.75, 3.05) is 13.2 Å².